The number of fused-ring (bicyclic) bond motifs is 2. The molecular weight excluding hydrogens is 268 g/mol. The molecule has 1 saturated heterocycles. The highest BCUT2D eigenvalue weighted by Crippen LogP contribution is 2.51. The third kappa shape index (κ3) is 3.11. The van der Waals surface area contributed by atoms with Gasteiger partial charge in [-0.15, -0.1) is 0 Å². The zero-order valence-corrected chi connectivity index (χ0v) is 13.5. The molecule has 120 valence electrons. The van der Waals surface area contributed by atoms with E-state index in [-0.39, 0.29) is 18.4 Å². The van der Waals surface area contributed by atoms with Crippen molar-refractivity contribution in [1.82, 2.24) is 0 Å². The van der Waals surface area contributed by atoms with Gasteiger partial charge in [0, 0.05) is 5.92 Å². The van der Waals surface area contributed by atoms with Crippen LogP contribution in [0.1, 0.15) is 52.9 Å². The molecule has 2 aliphatic carbocycles. The second kappa shape index (κ2) is 5.88. The van der Waals surface area contributed by atoms with Crippen LogP contribution in [0.4, 0.5) is 0 Å². The van der Waals surface area contributed by atoms with Gasteiger partial charge in [-0.3, -0.25) is 4.79 Å². The van der Waals surface area contributed by atoms with Crippen LogP contribution in [0.2, 0.25) is 0 Å². The van der Waals surface area contributed by atoms with E-state index in [0.717, 1.165) is 18.3 Å². The molecule has 0 aromatic heterocycles. The Balaban J connectivity index is 1.44. The second-order valence-corrected chi connectivity index (χ2v) is 7.63. The van der Waals surface area contributed by atoms with Crippen molar-refractivity contribution < 1.29 is 19.0 Å². The van der Waals surface area contributed by atoms with Crippen LogP contribution in [-0.2, 0) is 19.0 Å². The minimum absolute atomic E-state index is 0.0665. The summed E-state index contributed by atoms with van der Waals surface area (Å²) in [4.78, 5) is 12.0. The van der Waals surface area contributed by atoms with E-state index in [2.05, 4.69) is 0 Å². The summed E-state index contributed by atoms with van der Waals surface area (Å²) in [5.74, 6) is 2.11. The van der Waals surface area contributed by atoms with Crippen molar-refractivity contribution in [2.24, 2.45) is 23.2 Å². The lowest BCUT2D eigenvalue weighted by atomic mass is 9.88. The van der Waals surface area contributed by atoms with Gasteiger partial charge in [-0.2, -0.15) is 0 Å². The molecule has 0 N–H and O–H groups in total. The number of esters is 1. The molecule has 4 nitrogen and oxygen atoms in total. The van der Waals surface area contributed by atoms with Gasteiger partial charge < -0.3 is 14.2 Å². The monoisotopic (exact) mass is 296 g/mol. The Labute approximate surface area is 127 Å². The number of carbonyl (C=O) groups excluding carboxylic acids is 1. The van der Waals surface area contributed by atoms with Gasteiger partial charge in [0.25, 0.3) is 0 Å². The average molecular weight is 296 g/mol. The molecule has 2 saturated carbocycles. The largest absolute Gasteiger partial charge is 0.462 e. The van der Waals surface area contributed by atoms with Crippen molar-refractivity contribution in [3.63, 3.8) is 0 Å². The number of rotatable bonds is 5. The van der Waals surface area contributed by atoms with Crippen LogP contribution < -0.4 is 0 Å². The average Bonchev–Trinajstić information content (AvgIpc) is 3.19. The lowest BCUT2D eigenvalue weighted by Gasteiger charge is -2.26. The zero-order chi connectivity index (χ0) is 15.0. The molecule has 2 bridgehead atoms. The molecule has 0 aromatic carbocycles. The lowest BCUT2D eigenvalue weighted by molar-refractivity contribution is -0.160. The SMILES string of the molecule is CCC(C)(C)C(=O)OCC1COC(C2CC3CCC2C3)O1. The maximum Gasteiger partial charge on any atom is 0.311 e. The fourth-order valence-corrected chi connectivity index (χ4v) is 3.92. The van der Waals surface area contributed by atoms with E-state index in [0.29, 0.717) is 19.1 Å². The first kappa shape index (κ1) is 15.3. The Morgan fingerprint density at radius 2 is 2.10 bits per heavy atom. The summed E-state index contributed by atoms with van der Waals surface area (Å²) in [5.41, 5.74) is -0.413. The first-order valence-electron chi connectivity index (χ1n) is 8.44. The van der Waals surface area contributed by atoms with Gasteiger partial charge in [0.2, 0.25) is 0 Å². The summed E-state index contributed by atoms with van der Waals surface area (Å²) in [5, 5.41) is 0. The Hall–Kier alpha value is -0.610. The topological polar surface area (TPSA) is 44.8 Å². The molecule has 5 unspecified atom stereocenters. The van der Waals surface area contributed by atoms with Gasteiger partial charge in [0.05, 0.1) is 12.0 Å². The molecule has 0 radical (unpaired) electrons. The summed E-state index contributed by atoms with van der Waals surface area (Å²) in [6, 6.07) is 0. The molecule has 1 aliphatic heterocycles. The lowest BCUT2D eigenvalue weighted by Crippen LogP contribution is -2.31. The van der Waals surface area contributed by atoms with Crippen LogP contribution in [-0.4, -0.2) is 31.6 Å². The fourth-order valence-electron chi connectivity index (χ4n) is 3.92. The fraction of sp³-hybridized carbons (Fsp3) is 0.941. The van der Waals surface area contributed by atoms with E-state index in [1.807, 2.05) is 20.8 Å². The van der Waals surface area contributed by atoms with Gasteiger partial charge in [-0.25, -0.2) is 0 Å². The van der Waals surface area contributed by atoms with E-state index in [4.69, 9.17) is 14.2 Å². The van der Waals surface area contributed by atoms with Crippen molar-refractivity contribution >= 4 is 5.97 Å². The molecule has 0 spiro atoms. The summed E-state index contributed by atoms with van der Waals surface area (Å²) in [7, 11) is 0. The quantitative estimate of drug-likeness (QED) is 0.731. The Morgan fingerprint density at radius 1 is 1.29 bits per heavy atom. The Kier molecular flexibility index (Phi) is 4.28. The van der Waals surface area contributed by atoms with Crippen molar-refractivity contribution in [3.8, 4) is 0 Å². The van der Waals surface area contributed by atoms with Gasteiger partial charge in [-0.05, 0) is 51.4 Å². The third-order valence-electron chi connectivity index (χ3n) is 5.75. The van der Waals surface area contributed by atoms with E-state index in [9.17, 15) is 4.79 Å². The predicted molar refractivity (Wildman–Crippen MR) is 78.6 cm³/mol. The molecule has 1 heterocycles. The predicted octanol–water partition coefficient (Wildman–Crippen LogP) is 3.14. The maximum atomic E-state index is 12.0. The van der Waals surface area contributed by atoms with E-state index >= 15 is 0 Å². The van der Waals surface area contributed by atoms with Crippen LogP contribution >= 0.6 is 0 Å². The third-order valence-corrected chi connectivity index (χ3v) is 5.75. The number of ether oxygens (including phenoxy) is 3. The van der Waals surface area contributed by atoms with Crippen LogP contribution in [0, 0.1) is 23.2 Å². The maximum absolute atomic E-state index is 12.0. The normalized spacial score (nSPS) is 38.9. The highest BCUT2D eigenvalue weighted by atomic mass is 16.7. The standard InChI is InChI=1S/C17H28O4/c1-4-17(2,3)16(18)20-10-13-9-19-15(21-13)14-8-11-5-6-12(14)7-11/h11-15H,4-10H2,1-3H3. The first-order valence-corrected chi connectivity index (χ1v) is 8.44. The first-order chi connectivity index (χ1) is 9.99. The summed E-state index contributed by atoms with van der Waals surface area (Å²) in [6.07, 6.45) is 5.96. The van der Waals surface area contributed by atoms with Gasteiger partial charge in [0.15, 0.2) is 6.29 Å². The molecule has 3 aliphatic rings. The van der Waals surface area contributed by atoms with Crippen molar-refractivity contribution in [1.29, 1.82) is 0 Å². The Morgan fingerprint density at radius 3 is 2.71 bits per heavy atom. The Bertz CT molecular complexity index is 392. The van der Waals surface area contributed by atoms with Crippen molar-refractivity contribution in [3.05, 3.63) is 0 Å². The number of hydrogen-bond acceptors (Lipinski definition) is 4. The molecular formula is C17H28O4. The molecule has 0 amide bonds. The van der Waals surface area contributed by atoms with Crippen LogP contribution in [0.25, 0.3) is 0 Å². The van der Waals surface area contributed by atoms with Crippen LogP contribution in [0.15, 0.2) is 0 Å². The number of carbonyl (C=O) groups is 1. The minimum Gasteiger partial charge on any atom is -0.462 e. The number of hydrogen-bond donors (Lipinski definition) is 0. The van der Waals surface area contributed by atoms with Gasteiger partial charge in [-0.1, -0.05) is 13.3 Å². The molecule has 3 fully saturated rings. The highest BCUT2D eigenvalue weighted by Gasteiger charge is 2.46. The molecule has 0 aromatic rings. The van der Waals surface area contributed by atoms with Gasteiger partial charge in [0.1, 0.15) is 12.7 Å². The van der Waals surface area contributed by atoms with Crippen LogP contribution in [0.3, 0.4) is 0 Å². The van der Waals surface area contributed by atoms with E-state index in [1.54, 1.807) is 0 Å². The highest BCUT2D eigenvalue weighted by molar-refractivity contribution is 5.75. The summed E-state index contributed by atoms with van der Waals surface area (Å²) in [6.45, 7) is 6.71. The molecule has 3 rings (SSSR count). The summed E-state index contributed by atoms with van der Waals surface area (Å²) >= 11 is 0. The van der Waals surface area contributed by atoms with E-state index in [1.165, 1.54) is 25.7 Å². The molecule has 21 heavy (non-hydrogen) atoms. The van der Waals surface area contributed by atoms with Gasteiger partial charge >= 0.3 is 5.97 Å². The molecule has 5 atom stereocenters. The zero-order valence-electron chi connectivity index (χ0n) is 13.5. The van der Waals surface area contributed by atoms with Crippen molar-refractivity contribution in [2.45, 2.75) is 65.3 Å². The minimum atomic E-state index is -0.413. The van der Waals surface area contributed by atoms with E-state index < -0.39 is 5.41 Å². The second-order valence-electron chi connectivity index (χ2n) is 7.63. The molecule has 4 heteroatoms. The van der Waals surface area contributed by atoms with Crippen molar-refractivity contribution in [2.75, 3.05) is 13.2 Å². The van der Waals surface area contributed by atoms with Crippen LogP contribution in [0.5, 0.6) is 0 Å². The smallest absolute Gasteiger partial charge is 0.311 e. The summed E-state index contributed by atoms with van der Waals surface area (Å²) < 4.78 is 17.2.